The fourth-order valence-corrected chi connectivity index (χ4v) is 2.36. The lowest BCUT2D eigenvalue weighted by atomic mass is 10.2. The fourth-order valence-electron chi connectivity index (χ4n) is 2.20. The molecule has 0 atom stereocenters. The van der Waals surface area contributed by atoms with Crippen molar-refractivity contribution in [1.82, 2.24) is 25.8 Å². The Balaban J connectivity index is 1.54. The number of hydrogen-bond donors (Lipinski definition) is 3. The molecule has 0 fully saturated rings. The van der Waals surface area contributed by atoms with E-state index in [0.29, 0.717) is 5.11 Å². The summed E-state index contributed by atoms with van der Waals surface area (Å²) in [5.41, 5.74) is 8.70. The zero-order valence-corrected chi connectivity index (χ0v) is 13.8. The summed E-state index contributed by atoms with van der Waals surface area (Å²) in [5, 5.41) is 11.3. The second kappa shape index (κ2) is 7.05. The van der Waals surface area contributed by atoms with E-state index in [-0.39, 0.29) is 12.5 Å². The molecule has 3 N–H and O–H groups in total. The van der Waals surface area contributed by atoms with Crippen molar-refractivity contribution in [3.63, 3.8) is 0 Å². The van der Waals surface area contributed by atoms with Gasteiger partial charge in [-0.3, -0.25) is 15.6 Å². The smallest absolute Gasteiger partial charge is 0.260 e. The molecule has 0 radical (unpaired) electrons. The van der Waals surface area contributed by atoms with Crippen LogP contribution in [0.5, 0.6) is 0 Å². The van der Waals surface area contributed by atoms with Crippen molar-refractivity contribution in [3.05, 3.63) is 54.1 Å². The first-order valence-electron chi connectivity index (χ1n) is 7.33. The number of fused-ring (bicyclic) bond motifs is 1. The number of aryl methyl sites for hydroxylation is 1. The average Bonchev–Trinajstić information content (AvgIpc) is 2.98. The van der Waals surface area contributed by atoms with Crippen LogP contribution in [0.1, 0.15) is 5.56 Å². The van der Waals surface area contributed by atoms with E-state index in [1.54, 1.807) is 0 Å². The molecular formula is C16H16N6OS. The van der Waals surface area contributed by atoms with Crippen LogP contribution in [0.3, 0.4) is 0 Å². The number of thiocarbonyl (C=S) groups is 1. The van der Waals surface area contributed by atoms with E-state index in [0.717, 1.165) is 22.3 Å². The molecule has 0 aliphatic heterocycles. The van der Waals surface area contributed by atoms with Crippen molar-refractivity contribution >= 4 is 40.0 Å². The minimum absolute atomic E-state index is 0.0422. The van der Waals surface area contributed by atoms with Crippen LogP contribution in [0.25, 0.3) is 11.0 Å². The molecule has 0 saturated carbocycles. The van der Waals surface area contributed by atoms with Crippen molar-refractivity contribution in [1.29, 1.82) is 0 Å². The maximum Gasteiger partial charge on any atom is 0.260 e. The van der Waals surface area contributed by atoms with Crippen molar-refractivity contribution in [2.45, 2.75) is 13.5 Å². The molecule has 0 spiro atoms. The largest absolute Gasteiger partial charge is 0.331 e. The molecule has 8 heteroatoms. The van der Waals surface area contributed by atoms with Crippen LogP contribution in [0.2, 0.25) is 0 Å². The number of rotatable bonds is 3. The molecule has 2 aromatic carbocycles. The molecule has 0 aliphatic carbocycles. The molecule has 1 aromatic heterocycles. The van der Waals surface area contributed by atoms with Gasteiger partial charge in [0.05, 0.1) is 5.52 Å². The first-order valence-corrected chi connectivity index (χ1v) is 7.74. The van der Waals surface area contributed by atoms with Gasteiger partial charge in [0.1, 0.15) is 12.1 Å². The molecule has 0 aliphatic rings. The molecule has 7 nitrogen and oxygen atoms in total. The summed E-state index contributed by atoms with van der Waals surface area (Å²) in [5.74, 6) is -0.278. The third kappa shape index (κ3) is 3.66. The van der Waals surface area contributed by atoms with Crippen molar-refractivity contribution in [3.8, 4) is 0 Å². The third-order valence-electron chi connectivity index (χ3n) is 3.42. The number of anilines is 1. The van der Waals surface area contributed by atoms with Crippen LogP contribution in [-0.2, 0) is 11.3 Å². The van der Waals surface area contributed by atoms with Crippen molar-refractivity contribution < 1.29 is 4.79 Å². The van der Waals surface area contributed by atoms with E-state index in [1.165, 1.54) is 4.68 Å². The minimum atomic E-state index is -0.278. The van der Waals surface area contributed by atoms with Gasteiger partial charge in [-0.2, -0.15) is 0 Å². The Morgan fingerprint density at radius 1 is 1.12 bits per heavy atom. The Morgan fingerprint density at radius 3 is 2.71 bits per heavy atom. The first-order chi connectivity index (χ1) is 11.6. The number of amides is 1. The van der Waals surface area contributed by atoms with Crippen LogP contribution in [0.15, 0.2) is 48.5 Å². The second-order valence-electron chi connectivity index (χ2n) is 5.18. The number of nitrogens with zero attached hydrogens (tertiary/aromatic N) is 3. The van der Waals surface area contributed by atoms with Gasteiger partial charge in [-0.05, 0) is 42.9 Å². The van der Waals surface area contributed by atoms with Crippen LogP contribution < -0.4 is 16.2 Å². The normalized spacial score (nSPS) is 10.4. The molecule has 122 valence electrons. The van der Waals surface area contributed by atoms with Gasteiger partial charge in [-0.1, -0.05) is 35.5 Å². The number of carbonyl (C=O) groups excluding carboxylic acids is 1. The zero-order valence-electron chi connectivity index (χ0n) is 13.0. The highest BCUT2D eigenvalue weighted by atomic mass is 32.1. The Bertz CT molecular complexity index is 891. The monoisotopic (exact) mass is 340 g/mol. The highest BCUT2D eigenvalue weighted by Crippen LogP contribution is 2.12. The quantitative estimate of drug-likeness (QED) is 0.498. The number of carbonyl (C=O) groups is 1. The van der Waals surface area contributed by atoms with E-state index in [2.05, 4.69) is 26.5 Å². The standard InChI is InChI=1S/C16H16N6OS/c1-11-6-2-3-7-12(11)17-16(24)20-19-15(23)10-22-14-9-5-4-8-13(14)18-21-22/h2-9H,10H2,1H3,(H,19,23)(H2,17,20,24). The number of hydrogen-bond acceptors (Lipinski definition) is 4. The predicted octanol–water partition coefficient (Wildman–Crippen LogP) is 1.76. The lowest BCUT2D eigenvalue weighted by Crippen LogP contribution is -2.45. The number of para-hydroxylation sites is 2. The summed E-state index contributed by atoms with van der Waals surface area (Å²) in [6.07, 6.45) is 0. The van der Waals surface area contributed by atoms with Gasteiger partial charge in [0.25, 0.3) is 5.91 Å². The summed E-state index contributed by atoms with van der Waals surface area (Å²) in [6, 6.07) is 15.2. The Hall–Kier alpha value is -3.00. The third-order valence-corrected chi connectivity index (χ3v) is 3.63. The molecule has 3 aromatic rings. The molecule has 1 amide bonds. The maximum absolute atomic E-state index is 12.0. The van der Waals surface area contributed by atoms with Gasteiger partial charge in [-0.25, -0.2) is 4.68 Å². The average molecular weight is 340 g/mol. The summed E-state index contributed by atoms with van der Waals surface area (Å²) in [7, 11) is 0. The van der Waals surface area contributed by atoms with Gasteiger partial charge >= 0.3 is 0 Å². The molecule has 0 unspecified atom stereocenters. The van der Waals surface area contributed by atoms with E-state index < -0.39 is 0 Å². The highest BCUT2D eigenvalue weighted by Gasteiger charge is 2.08. The van der Waals surface area contributed by atoms with Gasteiger partial charge < -0.3 is 5.32 Å². The van der Waals surface area contributed by atoms with Crippen LogP contribution in [0.4, 0.5) is 5.69 Å². The van der Waals surface area contributed by atoms with Crippen molar-refractivity contribution in [2.75, 3.05) is 5.32 Å². The predicted molar refractivity (Wildman–Crippen MR) is 96.2 cm³/mol. The van der Waals surface area contributed by atoms with Gasteiger partial charge in [-0.15, -0.1) is 5.10 Å². The molecule has 1 heterocycles. The molecule has 0 saturated heterocycles. The second-order valence-corrected chi connectivity index (χ2v) is 5.59. The molecule has 24 heavy (non-hydrogen) atoms. The zero-order chi connectivity index (χ0) is 16.9. The number of hydrazine groups is 1. The molecular weight excluding hydrogens is 324 g/mol. The summed E-state index contributed by atoms with van der Waals surface area (Å²) in [6.45, 7) is 2.01. The molecule has 3 rings (SSSR count). The van der Waals surface area contributed by atoms with E-state index in [4.69, 9.17) is 12.2 Å². The van der Waals surface area contributed by atoms with Crippen LogP contribution in [0, 0.1) is 6.92 Å². The fraction of sp³-hybridized carbons (Fsp3) is 0.125. The number of nitrogens with one attached hydrogen (secondary N) is 3. The lowest BCUT2D eigenvalue weighted by molar-refractivity contribution is -0.122. The minimum Gasteiger partial charge on any atom is -0.331 e. The van der Waals surface area contributed by atoms with Crippen LogP contribution in [-0.4, -0.2) is 26.0 Å². The maximum atomic E-state index is 12.0. The van der Waals surface area contributed by atoms with E-state index in [9.17, 15) is 4.79 Å². The van der Waals surface area contributed by atoms with Crippen LogP contribution >= 0.6 is 12.2 Å². The van der Waals surface area contributed by atoms with Crippen molar-refractivity contribution in [2.24, 2.45) is 0 Å². The van der Waals surface area contributed by atoms with Gasteiger partial charge in [0.2, 0.25) is 0 Å². The Morgan fingerprint density at radius 2 is 1.88 bits per heavy atom. The first kappa shape index (κ1) is 15.9. The molecule has 0 bridgehead atoms. The highest BCUT2D eigenvalue weighted by molar-refractivity contribution is 7.80. The Labute approximate surface area is 144 Å². The lowest BCUT2D eigenvalue weighted by Gasteiger charge is -2.13. The number of benzene rings is 2. The topological polar surface area (TPSA) is 83.9 Å². The van der Waals surface area contributed by atoms with E-state index in [1.807, 2.05) is 55.5 Å². The Kier molecular flexibility index (Phi) is 4.66. The van der Waals surface area contributed by atoms with Gasteiger partial charge in [0, 0.05) is 5.69 Å². The van der Waals surface area contributed by atoms with E-state index >= 15 is 0 Å². The number of aromatic nitrogens is 3. The van der Waals surface area contributed by atoms with Gasteiger partial charge in [0.15, 0.2) is 5.11 Å². The SMILES string of the molecule is Cc1ccccc1NC(=S)NNC(=O)Cn1nnc2ccccc21. The summed E-state index contributed by atoms with van der Waals surface area (Å²) >= 11 is 5.17. The summed E-state index contributed by atoms with van der Waals surface area (Å²) in [4.78, 5) is 12.0. The summed E-state index contributed by atoms with van der Waals surface area (Å²) < 4.78 is 1.53.